The van der Waals surface area contributed by atoms with Crippen LogP contribution in [0.25, 0.3) is 0 Å². The van der Waals surface area contributed by atoms with Gasteiger partial charge in [-0.3, -0.25) is 0 Å². The first kappa shape index (κ1) is 14.2. The molecule has 0 radical (unpaired) electrons. The summed E-state index contributed by atoms with van der Waals surface area (Å²) in [7, 11) is 1.77. The summed E-state index contributed by atoms with van der Waals surface area (Å²) in [5, 5.41) is 2.99. The lowest BCUT2D eigenvalue weighted by molar-refractivity contribution is -0.141. The highest BCUT2D eigenvalue weighted by Crippen LogP contribution is 2.28. The van der Waals surface area contributed by atoms with Gasteiger partial charge in [0.25, 0.3) is 0 Å². The minimum Gasteiger partial charge on any atom is -0.473 e. The molecule has 1 aromatic heterocycles. The number of aromatic nitrogens is 1. The monoisotopic (exact) mass is 282 g/mol. The fraction of sp³-hybridized carbons (Fsp3) is 0.214. The number of pyridine rings is 1. The van der Waals surface area contributed by atoms with Crippen LogP contribution in [0.1, 0.15) is 11.3 Å². The molecule has 0 spiro atoms. The number of halogens is 3. The lowest BCUT2D eigenvalue weighted by atomic mass is 10.2. The van der Waals surface area contributed by atoms with Crippen LogP contribution >= 0.6 is 0 Å². The van der Waals surface area contributed by atoms with E-state index in [9.17, 15) is 13.2 Å². The van der Waals surface area contributed by atoms with Crippen LogP contribution in [-0.2, 0) is 12.8 Å². The van der Waals surface area contributed by atoms with Crippen LogP contribution < -0.4 is 10.1 Å². The van der Waals surface area contributed by atoms with E-state index in [1.54, 1.807) is 7.05 Å². The first-order valence-electron chi connectivity index (χ1n) is 5.93. The Morgan fingerprint density at radius 1 is 1.10 bits per heavy atom. The van der Waals surface area contributed by atoms with Gasteiger partial charge in [-0.25, -0.2) is 4.98 Å². The van der Waals surface area contributed by atoms with Crippen molar-refractivity contribution in [3.05, 3.63) is 53.7 Å². The maximum atomic E-state index is 12.5. The van der Waals surface area contributed by atoms with Gasteiger partial charge in [0, 0.05) is 24.4 Å². The molecule has 0 amide bonds. The number of alkyl halides is 3. The molecule has 0 aliphatic heterocycles. The van der Waals surface area contributed by atoms with Crippen molar-refractivity contribution in [1.82, 2.24) is 4.98 Å². The molecule has 0 atom stereocenters. The Hall–Kier alpha value is -2.24. The maximum Gasteiger partial charge on any atom is 0.433 e. The third kappa shape index (κ3) is 3.40. The van der Waals surface area contributed by atoms with E-state index in [-0.39, 0.29) is 12.5 Å². The Labute approximate surface area is 114 Å². The molecule has 1 N–H and O–H groups in total. The Kier molecular flexibility index (Phi) is 4.12. The van der Waals surface area contributed by atoms with Crippen molar-refractivity contribution in [3.8, 4) is 5.88 Å². The Balaban J connectivity index is 2.11. The number of anilines is 1. The largest absolute Gasteiger partial charge is 0.473 e. The third-order valence-electron chi connectivity index (χ3n) is 2.68. The predicted molar refractivity (Wildman–Crippen MR) is 69.6 cm³/mol. The van der Waals surface area contributed by atoms with Crippen LogP contribution in [0.15, 0.2) is 42.5 Å². The summed E-state index contributed by atoms with van der Waals surface area (Å²) < 4.78 is 42.9. The first-order valence-corrected chi connectivity index (χ1v) is 5.93. The standard InChI is InChI=1S/C14H13F3N2O/c1-18-11-6-3-2-5-10(11)9-20-13-8-4-7-12(19-13)14(15,16)17/h2-8,18H,9H2,1H3. The minimum absolute atomic E-state index is 0.0502. The number of nitrogens with one attached hydrogen (secondary N) is 1. The smallest absolute Gasteiger partial charge is 0.433 e. The van der Waals surface area contributed by atoms with Crippen molar-refractivity contribution in [3.63, 3.8) is 0 Å². The zero-order valence-electron chi connectivity index (χ0n) is 10.7. The molecule has 0 saturated heterocycles. The van der Waals surface area contributed by atoms with Gasteiger partial charge in [-0.1, -0.05) is 24.3 Å². The summed E-state index contributed by atoms with van der Waals surface area (Å²) in [6, 6.07) is 11.0. The van der Waals surface area contributed by atoms with E-state index in [2.05, 4.69) is 10.3 Å². The number of hydrogen-bond donors (Lipinski definition) is 1. The molecular formula is C14H13F3N2O. The van der Waals surface area contributed by atoms with Gasteiger partial charge in [-0.05, 0) is 12.1 Å². The summed E-state index contributed by atoms with van der Waals surface area (Å²) in [6.07, 6.45) is -4.47. The van der Waals surface area contributed by atoms with E-state index in [1.807, 2.05) is 24.3 Å². The molecule has 106 valence electrons. The van der Waals surface area contributed by atoms with Crippen molar-refractivity contribution in [2.24, 2.45) is 0 Å². The molecule has 0 saturated carbocycles. The number of nitrogens with zero attached hydrogens (tertiary/aromatic N) is 1. The van der Waals surface area contributed by atoms with Gasteiger partial charge in [-0.15, -0.1) is 0 Å². The van der Waals surface area contributed by atoms with Crippen molar-refractivity contribution < 1.29 is 17.9 Å². The van der Waals surface area contributed by atoms with Crippen LogP contribution in [0.4, 0.5) is 18.9 Å². The summed E-state index contributed by atoms with van der Waals surface area (Å²) in [5.41, 5.74) is 0.741. The normalized spacial score (nSPS) is 11.2. The number of ether oxygens (including phenoxy) is 1. The molecule has 20 heavy (non-hydrogen) atoms. The summed E-state index contributed by atoms with van der Waals surface area (Å²) in [6.45, 7) is 0.144. The van der Waals surface area contributed by atoms with Gasteiger partial charge >= 0.3 is 6.18 Å². The quantitative estimate of drug-likeness (QED) is 0.928. The second-order valence-corrected chi connectivity index (χ2v) is 4.05. The van der Waals surface area contributed by atoms with E-state index in [1.165, 1.54) is 12.1 Å². The molecule has 2 rings (SSSR count). The van der Waals surface area contributed by atoms with E-state index in [0.29, 0.717) is 0 Å². The lowest BCUT2D eigenvalue weighted by Gasteiger charge is -2.11. The molecular weight excluding hydrogens is 269 g/mol. The molecule has 6 heteroatoms. The van der Waals surface area contributed by atoms with Crippen molar-refractivity contribution >= 4 is 5.69 Å². The summed E-state index contributed by atoms with van der Waals surface area (Å²) >= 11 is 0. The molecule has 1 aromatic carbocycles. The highest BCUT2D eigenvalue weighted by atomic mass is 19.4. The van der Waals surface area contributed by atoms with Crippen LogP contribution in [-0.4, -0.2) is 12.0 Å². The highest BCUT2D eigenvalue weighted by Gasteiger charge is 2.32. The number of para-hydroxylation sites is 1. The topological polar surface area (TPSA) is 34.1 Å². The van der Waals surface area contributed by atoms with Gasteiger partial charge in [-0.2, -0.15) is 13.2 Å². The molecule has 0 aliphatic carbocycles. The Morgan fingerprint density at radius 3 is 2.55 bits per heavy atom. The zero-order valence-corrected chi connectivity index (χ0v) is 10.7. The van der Waals surface area contributed by atoms with Gasteiger partial charge in [0.2, 0.25) is 5.88 Å². The third-order valence-corrected chi connectivity index (χ3v) is 2.68. The highest BCUT2D eigenvalue weighted by molar-refractivity contribution is 5.50. The lowest BCUT2D eigenvalue weighted by Crippen LogP contribution is -2.09. The van der Waals surface area contributed by atoms with Gasteiger partial charge < -0.3 is 10.1 Å². The average Bonchev–Trinajstić information content (AvgIpc) is 2.45. The van der Waals surface area contributed by atoms with E-state index in [0.717, 1.165) is 17.3 Å². The minimum atomic E-state index is -4.47. The summed E-state index contributed by atoms with van der Waals surface area (Å²) in [5.74, 6) is -0.0502. The van der Waals surface area contributed by atoms with E-state index in [4.69, 9.17) is 4.74 Å². The van der Waals surface area contributed by atoms with Gasteiger partial charge in [0.15, 0.2) is 0 Å². The van der Waals surface area contributed by atoms with Gasteiger partial charge in [0.1, 0.15) is 12.3 Å². The van der Waals surface area contributed by atoms with Crippen molar-refractivity contribution in [2.45, 2.75) is 12.8 Å². The number of benzene rings is 1. The first-order chi connectivity index (χ1) is 9.50. The van der Waals surface area contributed by atoms with Crippen molar-refractivity contribution in [1.29, 1.82) is 0 Å². The SMILES string of the molecule is CNc1ccccc1COc1cccc(C(F)(F)F)n1. The average molecular weight is 282 g/mol. The molecule has 0 bridgehead atoms. The molecule has 0 unspecified atom stereocenters. The predicted octanol–water partition coefficient (Wildman–Crippen LogP) is 3.72. The van der Waals surface area contributed by atoms with Crippen LogP contribution in [0.2, 0.25) is 0 Å². The Bertz CT molecular complexity index is 585. The van der Waals surface area contributed by atoms with E-state index >= 15 is 0 Å². The molecule has 0 fully saturated rings. The van der Waals surface area contributed by atoms with Crippen LogP contribution in [0, 0.1) is 0 Å². The van der Waals surface area contributed by atoms with Crippen LogP contribution in [0.5, 0.6) is 5.88 Å². The second kappa shape index (κ2) is 5.81. The van der Waals surface area contributed by atoms with Crippen LogP contribution in [0.3, 0.4) is 0 Å². The molecule has 3 nitrogen and oxygen atoms in total. The molecule has 1 heterocycles. The fourth-order valence-corrected chi connectivity index (χ4v) is 1.69. The number of rotatable bonds is 4. The Morgan fingerprint density at radius 2 is 1.85 bits per heavy atom. The second-order valence-electron chi connectivity index (χ2n) is 4.05. The molecule has 2 aromatic rings. The van der Waals surface area contributed by atoms with Crippen molar-refractivity contribution in [2.75, 3.05) is 12.4 Å². The molecule has 0 aliphatic rings. The summed E-state index contributed by atoms with van der Waals surface area (Å²) in [4.78, 5) is 3.45. The maximum absolute atomic E-state index is 12.5. The van der Waals surface area contributed by atoms with Gasteiger partial charge in [0.05, 0.1) is 0 Å². The fourth-order valence-electron chi connectivity index (χ4n) is 1.69. The number of hydrogen-bond acceptors (Lipinski definition) is 3. The zero-order chi connectivity index (χ0) is 14.6. The van der Waals surface area contributed by atoms with E-state index < -0.39 is 11.9 Å².